The quantitative estimate of drug-likeness (QED) is 0.717. The van der Waals surface area contributed by atoms with Crippen LogP contribution in [0.25, 0.3) is 11.0 Å². The molecule has 0 radical (unpaired) electrons. The van der Waals surface area contributed by atoms with Crippen molar-refractivity contribution >= 4 is 28.7 Å². The molecule has 0 unspecified atom stereocenters. The Balaban J connectivity index is 1.73. The molecule has 0 atom stereocenters. The summed E-state index contributed by atoms with van der Waals surface area (Å²) >= 11 is 0. The van der Waals surface area contributed by atoms with E-state index in [0.717, 1.165) is 16.5 Å². The summed E-state index contributed by atoms with van der Waals surface area (Å²) in [6.07, 6.45) is 0. The molecule has 1 aromatic heterocycles. The normalized spacial score (nSPS) is 10.5. The van der Waals surface area contributed by atoms with E-state index in [4.69, 9.17) is 14.9 Å². The van der Waals surface area contributed by atoms with Gasteiger partial charge in [0, 0.05) is 16.6 Å². The molecule has 3 N–H and O–H groups in total. The number of hydrogen-bond donors (Lipinski definition) is 2. The number of ether oxygens (including phenoxy) is 1. The van der Waals surface area contributed by atoms with Crippen LogP contribution in [0.15, 0.2) is 52.9 Å². The Bertz CT molecular complexity index is 914. The lowest BCUT2D eigenvalue weighted by atomic mass is 10.1. The summed E-state index contributed by atoms with van der Waals surface area (Å²) in [5.74, 6) is 0.0962. The van der Waals surface area contributed by atoms with Gasteiger partial charge in [-0.05, 0) is 31.2 Å². The monoisotopic (exact) mass is 324 g/mol. The first-order chi connectivity index (χ1) is 11.5. The van der Waals surface area contributed by atoms with Gasteiger partial charge in [0.25, 0.3) is 0 Å². The van der Waals surface area contributed by atoms with Crippen molar-refractivity contribution in [3.63, 3.8) is 0 Å². The van der Waals surface area contributed by atoms with Gasteiger partial charge in [-0.15, -0.1) is 0 Å². The maximum Gasteiger partial charge on any atom is 0.338 e. The Labute approximate surface area is 138 Å². The van der Waals surface area contributed by atoms with Crippen molar-refractivity contribution in [2.45, 2.75) is 13.5 Å². The van der Waals surface area contributed by atoms with E-state index in [9.17, 15) is 9.59 Å². The molecule has 3 rings (SSSR count). The molecule has 0 saturated carbocycles. The van der Waals surface area contributed by atoms with Crippen LogP contribution in [0.4, 0.5) is 10.5 Å². The van der Waals surface area contributed by atoms with Crippen LogP contribution < -0.4 is 11.1 Å². The molecule has 122 valence electrons. The number of nitrogens with two attached hydrogens (primary N) is 1. The predicted molar refractivity (Wildman–Crippen MR) is 89.7 cm³/mol. The molecule has 0 spiro atoms. The van der Waals surface area contributed by atoms with Gasteiger partial charge in [-0.2, -0.15) is 0 Å². The number of carbonyl (C=O) groups is 2. The number of nitrogens with one attached hydrogen (secondary N) is 1. The number of hydrogen-bond acceptors (Lipinski definition) is 4. The van der Waals surface area contributed by atoms with Crippen LogP contribution in [0.2, 0.25) is 0 Å². The molecular formula is C18H16N2O4. The highest BCUT2D eigenvalue weighted by Crippen LogP contribution is 2.25. The molecule has 3 aromatic rings. The summed E-state index contributed by atoms with van der Waals surface area (Å²) < 4.78 is 11.0. The molecule has 2 amide bonds. The minimum atomic E-state index is -0.696. The third-order valence-corrected chi connectivity index (χ3v) is 3.64. The molecule has 0 aliphatic carbocycles. The van der Waals surface area contributed by atoms with Crippen molar-refractivity contribution in [3.05, 3.63) is 65.4 Å². The highest BCUT2D eigenvalue weighted by molar-refractivity contribution is 5.93. The van der Waals surface area contributed by atoms with Crippen LogP contribution in [-0.2, 0) is 11.3 Å². The second-order valence-electron chi connectivity index (χ2n) is 5.29. The summed E-state index contributed by atoms with van der Waals surface area (Å²) in [7, 11) is 0. The molecule has 1 heterocycles. The average molecular weight is 324 g/mol. The van der Waals surface area contributed by atoms with E-state index in [2.05, 4.69) is 5.32 Å². The van der Waals surface area contributed by atoms with E-state index in [1.165, 1.54) is 6.07 Å². The third kappa shape index (κ3) is 3.22. The molecule has 0 bridgehead atoms. The second-order valence-corrected chi connectivity index (χ2v) is 5.29. The number of furan rings is 1. The fourth-order valence-corrected chi connectivity index (χ4v) is 2.44. The van der Waals surface area contributed by atoms with E-state index < -0.39 is 12.0 Å². The largest absolute Gasteiger partial charge is 0.457 e. The number of anilines is 1. The fraction of sp³-hybridized carbons (Fsp3) is 0.111. The van der Waals surface area contributed by atoms with Gasteiger partial charge in [0.15, 0.2) is 0 Å². The molecular weight excluding hydrogens is 308 g/mol. The van der Waals surface area contributed by atoms with Crippen LogP contribution in [0.1, 0.15) is 21.7 Å². The number of benzene rings is 2. The number of fused-ring (bicyclic) bond motifs is 1. The number of para-hydroxylation sites is 1. The SMILES string of the molecule is Cc1c(COC(=O)c2cccc(NC(N)=O)c2)oc2ccccc12. The lowest BCUT2D eigenvalue weighted by molar-refractivity contribution is 0.0446. The fourth-order valence-electron chi connectivity index (χ4n) is 2.44. The molecule has 0 aliphatic rings. The molecule has 6 heteroatoms. The van der Waals surface area contributed by atoms with Crippen LogP contribution in [0, 0.1) is 6.92 Å². The number of rotatable bonds is 4. The predicted octanol–water partition coefficient (Wildman–Crippen LogP) is 3.59. The van der Waals surface area contributed by atoms with Crippen molar-refractivity contribution < 1.29 is 18.7 Å². The number of amides is 2. The molecule has 0 fully saturated rings. The Morgan fingerprint density at radius 2 is 1.96 bits per heavy atom. The lowest BCUT2D eigenvalue weighted by Gasteiger charge is -2.06. The van der Waals surface area contributed by atoms with Crippen LogP contribution in [0.3, 0.4) is 0 Å². The maximum atomic E-state index is 12.2. The first-order valence-electron chi connectivity index (χ1n) is 7.35. The average Bonchev–Trinajstić information content (AvgIpc) is 2.89. The topological polar surface area (TPSA) is 94.6 Å². The smallest absolute Gasteiger partial charge is 0.338 e. The number of carbonyl (C=O) groups excluding carboxylic acids is 2. The van der Waals surface area contributed by atoms with Gasteiger partial charge in [0.05, 0.1) is 5.56 Å². The van der Waals surface area contributed by atoms with Crippen LogP contribution in [-0.4, -0.2) is 12.0 Å². The van der Waals surface area contributed by atoms with Gasteiger partial charge in [-0.25, -0.2) is 9.59 Å². The zero-order valence-electron chi connectivity index (χ0n) is 13.0. The number of primary amides is 1. The standard InChI is InChI=1S/C18H16N2O4/c1-11-14-7-2-3-8-15(14)24-16(11)10-23-17(21)12-5-4-6-13(9-12)20-18(19)22/h2-9H,10H2,1H3,(H3,19,20,22). The number of urea groups is 1. The maximum absolute atomic E-state index is 12.2. The van der Waals surface area contributed by atoms with E-state index >= 15 is 0 Å². The highest BCUT2D eigenvalue weighted by atomic mass is 16.5. The first-order valence-corrected chi connectivity index (χ1v) is 7.35. The summed E-state index contributed by atoms with van der Waals surface area (Å²) in [4.78, 5) is 23.0. The lowest BCUT2D eigenvalue weighted by Crippen LogP contribution is -2.19. The summed E-state index contributed by atoms with van der Waals surface area (Å²) in [5, 5.41) is 3.41. The minimum absolute atomic E-state index is 0.0345. The van der Waals surface area contributed by atoms with Crippen molar-refractivity contribution in [1.29, 1.82) is 0 Å². The highest BCUT2D eigenvalue weighted by Gasteiger charge is 2.14. The summed E-state index contributed by atoms with van der Waals surface area (Å²) in [6.45, 7) is 1.96. The van der Waals surface area contributed by atoms with Gasteiger partial charge in [-0.1, -0.05) is 24.3 Å². The van der Waals surface area contributed by atoms with E-state index in [0.29, 0.717) is 17.0 Å². The summed E-state index contributed by atoms with van der Waals surface area (Å²) in [6, 6.07) is 13.3. The molecule has 0 saturated heterocycles. The van der Waals surface area contributed by atoms with Crippen molar-refractivity contribution in [2.24, 2.45) is 5.73 Å². The Morgan fingerprint density at radius 3 is 2.71 bits per heavy atom. The number of esters is 1. The van der Waals surface area contributed by atoms with Crippen molar-refractivity contribution in [3.8, 4) is 0 Å². The van der Waals surface area contributed by atoms with E-state index in [1.54, 1.807) is 18.2 Å². The molecule has 0 aliphatic heterocycles. The second kappa shape index (κ2) is 6.45. The Hall–Kier alpha value is -3.28. The van der Waals surface area contributed by atoms with Gasteiger partial charge >= 0.3 is 12.0 Å². The Morgan fingerprint density at radius 1 is 1.17 bits per heavy atom. The van der Waals surface area contributed by atoms with Gasteiger partial charge in [0.2, 0.25) is 0 Å². The van der Waals surface area contributed by atoms with Gasteiger partial charge in [-0.3, -0.25) is 0 Å². The van der Waals surface area contributed by atoms with Crippen LogP contribution in [0.5, 0.6) is 0 Å². The van der Waals surface area contributed by atoms with Gasteiger partial charge < -0.3 is 20.2 Å². The van der Waals surface area contributed by atoms with Crippen molar-refractivity contribution in [2.75, 3.05) is 5.32 Å². The third-order valence-electron chi connectivity index (χ3n) is 3.64. The molecule has 6 nitrogen and oxygen atoms in total. The molecule has 24 heavy (non-hydrogen) atoms. The van der Waals surface area contributed by atoms with Crippen molar-refractivity contribution in [1.82, 2.24) is 0 Å². The van der Waals surface area contributed by atoms with Gasteiger partial charge in [0.1, 0.15) is 18.0 Å². The molecule has 2 aromatic carbocycles. The Kier molecular flexibility index (Phi) is 4.20. The number of aryl methyl sites for hydroxylation is 1. The van der Waals surface area contributed by atoms with E-state index in [-0.39, 0.29) is 6.61 Å². The minimum Gasteiger partial charge on any atom is -0.457 e. The zero-order valence-corrected chi connectivity index (χ0v) is 13.0. The van der Waals surface area contributed by atoms with E-state index in [1.807, 2.05) is 31.2 Å². The zero-order chi connectivity index (χ0) is 17.1. The summed E-state index contributed by atoms with van der Waals surface area (Å²) in [5.41, 5.74) is 7.51. The first kappa shape index (κ1) is 15.6. The van der Waals surface area contributed by atoms with Crippen LogP contribution >= 0.6 is 0 Å².